The number of allylic oxidation sites excluding steroid dienone is 1. The molecule has 1 fully saturated rings. The Morgan fingerprint density at radius 3 is 2.91 bits per heavy atom. The summed E-state index contributed by atoms with van der Waals surface area (Å²) in [7, 11) is 0. The van der Waals surface area contributed by atoms with Crippen molar-refractivity contribution in [3.05, 3.63) is 48.0 Å². The number of hydrogen-bond donors (Lipinski definition) is 1. The van der Waals surface area contributed by atoms with E-state index in [1.54, 1.807) is 0 Å². The molecule has 1 aliphatic carbocycles. The minimum atomic E-state index is -0.344. The second kappa shape index (κ2) is 7.56. The maximum Gasteiger partial charge on any atom is 0.250 e. The summed E-state index contributed by atoms with van der Waals surface area (Å²) in [6, 6.07) is 10.6. The number of nitrogens with zero attached hydrogens (tertiary/aromatic N) is 1. The summed E-state index contributed by atoms with van der Waals surface area (Å²) < 4.78 is 5.68. The molecule has 0 unspecified atom stereocenters. The van der Waals surface area contributed by atoms with E-state index in [0.717, 1.165) is 32.4 Å². The van der Waals surface area contributed by atoms with Crippen molar-refractivity contribution >= 4 is 5.91 Å². The molecule has 1 N–H and O–H groups in total. The van der Waals surface area contributed by atoms with Gasteiger partial charge in [0.05, 0.1) is 6.61 Å². The van der Waals surface area contributed by atoms with E-state index >= 15 is 0 Å². The fraction of sp³-hybridized carbons (Fsp3) is 0.500. The summed E-state index contributed by atoms with van der Waals surface area (Å²) in [6.45, 7) is 3.05. The highest BCUT2D eigenvalue weighted by molar-refractivity contribution is 5.81. The topological polar surface area (TPSA) is 41.6 Å². The summed E-state index contributed by atoms with van der Waals surface area (Å²) in [5.41, 5.74) is 1.28. The maximum atomic E-state index is 12.4. The SMILES string of the molecule is O=C(N[C@H]1CC=CCC1)[C@@H]1CN(Cc2ccccc2)CCO1. The zero-order valence-corrected chi connectivity index (χ0v) is 12.9. The molecular formula is C18H24N2O2. The molecule has 1 heterocycles. The maximum absolute atomic E-state index is 12.4. The molecule has 118 valence electrons. The molecule has 3 rings (SSSR count). The number of carbonyl (C=O) groups is 1. The van der Waals surface area contributed by atoms with Gasteiger partial charge in [0.1, 0.15) is 6.10 Å². The highest BCUT2D eigenvalue weighted by Crippen LogP contribution is 2.13. The van der Waals surface area contributed by atoms with Crippen molar-refractivity contribution in [2.45, 2.75) is 38.0 Å². The molecule has 0 bridgehead atoms. The highest BCUT2D eigenvalue weighted by Gasteiger charge is 2.28. The number of carbonyl (C=O) groups excluding carboxylic acids is 1. The fourth-order valence-electron chi connectivity index (χ4n) is 3.07. The monoisotopic (exact) mass is 300 g/mol. The van der Waals surface area contributed by atoms with E-state index in [4.69, 9.17) is 4.74 Å². The molecule has 0 spiro atoms. The van der Waals surface area contributed by atoms with Gasteiger partial charge < -0.3 is 10.1 Å². The molecule has 1 aromatic carbocycles. The van der Waals surface area contributed by atoms with Crippen LogP contribution >= 0.6 is 0 Å². The van der Waals surface area contributed by atoms with Gasteiger partial charge in [0.2, 0.25) is 0 Å². The number of amides is 1. The van der Waals surface area contributed by atoms with E-state index in [-0.39, 0.29) is 18.1 Å². The summed E-state index contributed by atoms with van der Waals surface area (Å²) in [6.07, 6.45) is 7.01. The lowest BCUT2D eigenvalue weighted by Gasteiger charge is -2.33. The van der Waals surface area contributed by atoms with E-state index < -0.39 is 0 Å². The van der Waals surface area contributed by atoms with Crippen molar-refractivity contribution in [3.63, 3.8) is 0 Å². The van der Waals surface area contributed by atoms with Gasteiger partial charge in [-0.2, -0.15) is 0 Å². The van der Waals surface area contributed by atoms with E-state index in [0.29, 0.717) is 13.2 Å². The third kappa shape index (κ3) is 4.18. The smallest absolute Gasteiger partial charge is 0.250 e. The zero-order valence-electron chi connectivity index (χ0n) is 12.9. The zero-order chi connectivity index (χ0) is 15.2. The molecule has 4 nitrogen and oxygen atoms in total. The second-order valence-corrected chi connectivity index (χ2v) is 6.07. The van der Waals surface area contributed by atoms with Crippen LogP contribution in [0.1, 0.15) is 24.8 Å². The van der Waals surface area contributed by atoms with Crippen LogP contribution in [0.3, 0.4) is 0 Å². The van der Waals surface area contributed by atoms with Gasteiger partial charge in [-0.1, -0.05) is 42.5 Å². The molecular weight excluding hydrogens is 276 g/mol. The summed E-state index contributed by atoms with van der Waals surface area (Å²) in [5, 5.41) is 3.13. The molecule has 1 aromatic rings. The van der Waals surface area contributed by atoms with Gasteiger partial charge in [-0.25, -0.2) is 0 Å². The summed E-state index contributed by atoms with van der Waals surface area (Å²) in [5.74, 6) is 0.0399. The van der Waals surface area contributed by atoms with Gasteiger partial charge in [0, 0.05) is 25.7 Å². The second-order valence-electron chi connectivity index (χ2n) is 6.07. The molecule has 1 saturated heterocycles. The van der Waals surface area contributed by atoms with Crippen LogP contribution in [0.15, 0.2) is 42.5 Å². The van der Waals surface area contributed by atoms with E-state index in [2.05, 4.69) is 46.6 Å². The van der Waals surface area contributed by atoms with Crippen LogP contribution in [0.4, 0.5) is 0 Å². The average Bonchev–Trinajstić information content (AvgIpc) is 2.57. The van der Waals surface area contributed by atoms with Crippen LogP contribution in [0, 0.1) is 0 Å². The lowest BCUT2D eigenvalue weighted by molar-refractivity contribution is -0.139. The van der Waals surface area contributed by atoms with Crippen molar-refractivity contribution in [2.75, 3.05) is 19.7 Å². The van der Waals surface area contributed by atoms with Crippen LogP contribution in [-0.2, 0) is 16.1 Å². The quantitative estimate of drug-likeness (QED) is 0.866. The number of ether oxygens (including phenoxy) is 1. The fourth-order valence-corrected chi connectivity index (χ4v) is 3.07. The number of rotatable bonds is 4. The largest absolute Gasteiger partial charge is 0.366 e. The Labute approximate surface area is 132 Å². The van der Waals surface area contributed by atoms with Crippen molar-refractivity contribution in [2.24, 2.45) is 0 Å². The molecule has 0 radical (unpaired) electrons. The first-order valence-electron chi connectivity index (χ1n) is 8.14. The van der Waals surface area contributed by atoms with Gasteiger partial charge in [-0.15, -0.1) is 0 Å². The first-order valence-corrected chi connectivity index (χ1v) is 8.14. The molecule has 22 heavy (non-hydrogen) atoms. The standard InChI is InChI=1S/C18H24N2O2/c21-18(19-16-9-5-2-6-10-16)17-14-20(11-12-22-17)13-15-7-3-1-4-8-15/h1-5,7-8,16-17H,6,9-14H2,(H,19,21)/t16-,17-/m0/s1. The van der Waals surface area contributed by atoms with E-state index in [1.807, 2.05) is 6.07 Å². The van der Waals surface area contributed by atoms with Crippen molar-refractivity contribution < 1.29 is 9.53 Å². The Kier molecular flexibility index (Phi) is 5.24. The summed E-state index contributed by atoms with van der Waals surface area (Å²) >= 11 is 0. The predicted octanol–water partition coefficient (Wildman–Crippen LogP) is 2.11. The third-order valence-corrected chi connectivity index (χ3v) is 4.31. The van der Waals surface area contributed by atoms with Gasteiger partial charge in [0.15, 0.2) is 0 Å². The molecule has 2 aliphatic rings. The highest BCUT2D eigenvalue weighted by atomic mass is 16.5. The predicted molar refractivity (Wildman–Crippen MR) is 86.4 cm³/mol. The molecule has 1 amide bonds. The number of nitrogens with one attached hydrogen (secondary N) is 1. The molecule has 1 aliphatic heterocycles. The van der Waals surface area contributed by atoms with Gasteiger partial charge >= 0.3 is 0 Å². The van der Waals surface area contributed by atoms with Gasteiger partial charge in [-0.05, 0) is 24.8 Å². The van der Waals surface area contributed by atoms with E-state index in [1.165, 1.54) is 5.56 Å². The van der Waals surface area contributed by atoms with Crippen molar-refractivity contribution in [3.8, 4) is 0 Å². The van der Waals surface area contributed by atoms with Crippen LogP contribution in [0.2, 0.25) is 0 Å². The van der Waals surface area contributed by atoms with Crippen LogP contribution in [0.25, 0.3) is 0 Å². The van der Waals surface area contributed by atoms with Gasteiger partial charge in [0.25, 0.3) is 5.91 Å². The number of benzene rings is 1. The number of morpholine rings is 1. The first kappa shape index (κ1) is 15.3. The van der Waals surface area contributed by atoms with Crippen molar-refractivity contribution in [1.82, 2.24) is 10.2 Å². The molecule has 4 heteroatoms. The Morgan fingerprint density at radius 1 is 1.27 bits per heavy atom. The normalized spacial score (nSPS) is 25.8. The molecule has 0 saturated carbocycles. The third-order valence-electron chi connectivity index (χ3n) is 4.31. The van der Waals surface area contributed by atoms with Crippen LogP contribution in [0.5, 0.6) is 0 Å². The van der Waals surface area contributed by atoms with Gasteiger partial charge in [-0.3, -0.25) is 9.69 Å². The first-order chi connectivity index (χ1) is 10.8. The average molecular weight is 300 g/mol. The summed E-state index contributed by atoms with van der Waals surface area (Å²) in [4.78, 5) is 14.7. The minimum absolute atomic E-state index is 0.0399. The van der Waals surface area contributed by atoms with Crippen LogP contribution < -0.4 is 5.32 Å². The lowest BCUT2D eigenvalue weighted by Crippen LogP contribution is -2.51. The lowest BCUT2D eigenvalue weighted by atomic mass is 10.0. The van der Waals surface area contributed by atoms with E-state index in [9.17, 15) is 4.79 Å². The minimum Gasteiger partial charge on any atom is -0.366 e. The Balaban J connectivity index is 1.51. The number of hydrogen-bond acceptors (Lipinski definition) is 3. The Hall–Kier alpha value is -1.65. The Morgan fingerprint density at radius 2 is 2.14 bits per heavy atom. The van der Waals surface area contributed by atoms with Crippen LogP contribution in [-0.4, -0.2) is 42.6 Å². The Bertz CT molecular complexity index is 515. The molecule has 2 atom stereocenters. The molecule has 0 aromatic heterocycles. The van der Waals surface area contributed by atoms with Crippen molar-refractivity contribution in [1.29, 1.82) is 0 Å².